The predicted octanol–water partition coefficient (Wildman–Crippen LogP) is 3.96. The number of hydrogen-bond donors (Lipinski definition) is 1. The first kappa shape index (κ1) is 16.3. The van der Waals surface area contributed by atoms with Crippen LogP contribution in [-0.2, 0) is 13.1 Å². The van der Waals surface area contributed by atoms with Crippen molar-refractivity contribution < 1.29 is 9.21 Å². The summed E-state index contributed by atoms with van der Waals surface area (Å²) in [6, 6.07) is 10.0. The number of halogens is 1. The summed E-state index contributed by atoms with van der Waals surface area (Å²) in [5.74, 6) is -0.118. The summed E-state index contributed by atoms with van der Waals surface area (Å²) < 4.78 is 5.67. The van der Waals surface area contributed by atoms with E-state index in [1.165, 1.54) is 49.7 Å². The molecule has 4 nitrogen and oxygen atoms in total. The highest BCUT2D eigenvalue weighted by Gasteiger charge is 2.13. The van der Waals surface area contributed by atoms with E-state index in [4.69, 9.17) is 4.42 Å². The molecule has 5 heteroatoms. The zero-order valence-electron chi connectivity index (χ0n) is 13.1. The van der Waals surface area contributed by atoms with Gasteiger partial charge in [-0.1, -0.05) is 30.7 Å². The molecule has 1 saturated heterocycles. The Morgan fingerprint density at radius 2 is 1.91 bits per heavy atom. The van der Waals surface area contributed by atoms with Gasteiger partial charge in [-0.25, -0.2) is 0 Å². The molecule has 0 radical (unpaired) electrons. The van der Waals surface area contributed by atoms with E-state index in [1.807, 2.05) is 6.07 Å². The zero-order valence-corrected chi connectivity index (χ0v) is 14.6. The van der Waals surface area contributed by atoms with E-state index in [0.29, 0.717) is 16.8 Å². The second-order valence-corrected chi connectivity index (χ2v) is 6.71. The van der Waals surface area contributed by atoms with Gasteiger partial charge in [-0.15, -0.1) is 0 Å². The van der Waals surface area contributed by atoms with Crippen molar-refractivity contribution in [1.29, 1.82) is 0 Å². The van der Waals surface area contributed by atoms with E-state index in [1.54, 1.807) is 6.07 Å². The van der Waals surface area contributed by atoms with Crippen LogP contribution in [0, 0.1) is 0 Å². The van der Waals surface area contributed by atoms with Gasteiger partial charge in [0.1, 0.15) is 6.26 Å². The number of furan rings is 1. The first-order valence-electron chi connectivity index (χ1n) is 8.04. The van der Waals surface area contributed by atoms with E-state index < -0.39 is 0 Å². The van der Waals surface area contributed by atoms with E-state index >= 15 is 0 Å². The summed E-state index contributed by atoms with van der Waals surface area (Å²) in [6.45, 7) is 3.84. The molecule has 122 valence electrons. The number of carbonyl (C=O) groups is 1. The number of likely N-dealkylation sites (tertiary alicyclic amines) is 1. The molecular weight excluding hydrogens is 356 g/mol. The number of amides is 1. The van der Waals surface area contributed by atoms with Crippen molar-refractivity contribution in [2.45, 2.75) is 32.4 Å². The lowest BCUT2D eigenvalue weighted by molar-refractivity contribution is 0.0950. The number of nitrogens with zero attached hydrogens (tertiary/aromatic N) is 1. The Morgan fingerprint density at radius 1 is 1.17 bits per heavy atom. The molecule has 23 heavy (non-hydrogen) atoms. The Morgan fingerprint density at radius 3 is 2.61 bits per heavy atom. The fourth-order valence-electron chi connectivity index (χ4n) is 2.95. The van der Waals surface area contributed by atoms with E-state index in [9.17, 15) is 4.79 Å². The highest BCUT2D eigenvalue weighted by molar-refractivity contribution is 9.10. The minimum Gasteiger partial charge on any atom is -0.457 e. The maximum Gasteiger partial charge on any atom is 0.254 e. The van der Waals surface area contributed by atoms with Crippen LogP contribution in [0.5, 0.6) is 0 Å². The molecule has 1 aromatic carbocycles. The quantitative estimate of drug-likeness (QED) is 0.858. The minimum atomic E-state index is -0.118. The standard InChI is InChI=1S/C18H21BrN2O2/c19-17-10-16(13-23-17)18(22)20-11-14-6-2-3-7-15(14)12-21-8-4-1-5-9-21/h2-3,6-7,10,13H,1,4-5,8-9,11-12H2,(H,20,22). The van der Waals surface area contributed by atoms with Crippen LogP contribution in [0.25, 0.3) is 0 Å². The SMILES string of the molecule is O=C(NCc1ccccc1CN1CCCCC1)c1coc(Br)c1. The highest BCUT2D eigenvalue weighted by Crippen LogP contribution is 2.17. The van der Waals surface area contributed by atoms with Crippen LogP contribution >= 0.6 is 15.9 Å². The Labute approximate surface area is 145 Å². The van der Waals surface area contributed by atoms with Gasteiger partial charge in [0.15, 0.2) is 4.67 Å². The molecule has 1 aliphatic heterocycles. The molecule has 1 amide bonds. The lowest BCUT2D eigenvalue weighted by Gasteiger charge is -2.27. The summed E-state index contributed by atoms with van der Waals surface area (Å²) in [5, 5.41) is 2.97. The molecular formula is C18H21BrN2O2. The molecule has 1 aliphatic rings. The molecule has 2 heterocycles. The number of benzene rings is 1. The van der Waals surface area contributed by atoms with Crippen LogP contribution in [0.4, 0.5) is 0 Å². The fourth-order valence-corrected chi connectivity index (χ4v) is 3.29. The Kier molecular flexibility index (Phi) is 5.51. The average Bonchev–Trinajstić information content (AvgIpc) is 3.01. The van der Waals surface area contributed by atoms with Gasteiger partial charge in [0.25, 0.3) is 5.91 Å². The molecule has 0 spiro atoms. The van der Waals surface area contributed by atoms with Crippen molar-refractivity contribution in [2.75, 3.05) is 13.1 Å². The highest BCUT2D eigenvalue weighted by atomic mass is 79.9. The largest absolute Gasteiger partial charge is 0.457 e. The predicted molar refractivity (Wildman–Crippen MR) is 93.1 cm³/mol. The van der Waals surface area contributed by atoms with E-state index in [2.05, 4.69) is 44.3 Å². The average molecular weight is 377 g/mol. The van der Waals surface area contributed by atoms with Gasteiger partial charge in [0.2, 0.25) is 0 Å². The molecule has 0 unspecified atom stereocenters. The number of rotatable bonds is 5. The van der Waals surface area contributed by atoms with Crippen LogP contribution in [0.15, 0.2) is 45.7 Å². The molecule has 0 saturated carbocycles. The number of hydrogen-bond acceptors (Lipinski definition) is 3. The van der Waals surface area contributed by atoms with Gasteiger partial charge >= 0.3 is 0 Å². The zero-order chi connectivity index (χ0) is 16.1. The van der Waals surface area contributed by atoms with Crippen LogP contribution < -0.4 is 5.32 Å². The van der Waals surface area contributed by atoms with Crippen molar-refractivity contribution in [2.24, 2.45) is 0 Å². The van der Waals surface area contributed by atoms with Gasteiger partial charge in [0.05, 0.1) is 5.56 Å². The molecule has 0 aliphatic carbocycles. The van der Waals surface area contributed by atoms with Gasteiger partial charge in [0, 0.05) is 19.2 Å². The van der Waals surface area contributed by atoms with Crippen LogP contribution in [0.1, 0.15) is 40.7 Å². The van der Waals surface area contributed by atoms with Gasteiger partial charge in [-0.3, -0.25) is 9.69 Å². The third kappa shape index (κ3) is 4.45. The third-order valence-electron chi connectivity index (χ3n) is 4.23. The molecule has 0 atom stereocenters. The normalized spacial score (nSPS) is 15.5. The first-order chi connectivity index (χ1) is 11.2. The Balaban J connectivity index is 1.62. The van der Waals surface area contributed by atoms with E-state index in [-0.39, 0.29) is 5.91 Å². The number of piperidine rings is 1. The fraction of sp³-hybridized carbons (Fsp3) is 0.389. The van der Waals surface area contributed by atoms with Crippen molar-refractivity contribution >= 4 is 21.8 Å². The molecule has 3 rings (SSSR count). The van der Waals surface area contributed by atoms with E-state index in [0.717, 1.165) is 6.54 Å². The summed E-state index contributed by atoms with van der Waals surface area (Å²) in [6.07, 6.45) is 5.37. The molecule has 1 N–H and O–H groups in total. The smallest absolute Gasteiger partial charge is 0.254 e. The van der Waals surface area contributed by atoms with Crippen LogP contribution in [0.3, 0.4) is 0 Å². The third-order valence-corrected chi connectivity index (χ3v) is 4.65. The van der Waals surface area contributed by atoms with Gasteiger partial charge in [-0.05, 0) is 53.0 Å². The van der Waals surface area contributed by atoms with Crippen molar-refractivity contribution in [3.05, 3.63) is 58.0 Å². The second-order valence-electron chi connectivity index (χ2n) is 5.93. The Hall–Kier alpha value is -1.59. The number of carbonyl (C=O) groups excluding carboxylic acids is 1. The van der Waals surface area contributed by atoms with Gasteiger partial charge in [-0.2, -0.15) is 0 Å². The molecule has 2 aromatic rings. The summed E-state index contributed by atoms with van der Waals surface area (Å²) in [7, 11) is 0. The topological polar surface area (TPSA) is 45.5 Å². The Bertz CT molecular complexity index is 663. The van der Waals surface area contributed by atoms with Gasteiger partial charge < -0.3 is 9.73 Å². The number of nitrogens with one attached hydrogen (secondary N) is 1. The minimum absolute atomic E-state index is 0.118. The first-order valence-corrected chi connectivity index (χ1v) is 8.83. The van der Waals surface area contributed by atoms with Crippen LogP contribution in [0.2, 0.25) is 0 Å². The van der Waals surface area contributed by atoms with Crippen LogP contribution in [-0.4, -0.2) is 23.9 Å². The molecule has 1 fully saturated rings. The van der Waals surface area contributed by atoms with Crippen molar-refractivity contribution in [1.82, 2.24) is 10.2 Å². The van der Waals surface area contributed by atoms with Crippen molar-refractivity contribution in [3.63, 3.8) is 0 Å². The summed E-state index contributed by atoms with van der Waals surface area (Å²) >= 11 is 3.21. The van der Waals surface area contributed by atoms with Crippen molar-refractivity contribution in [3.8, 4) is 0 Å². The monoisotopic (exact) mass is 376 g/mol. The summed E-state index contributed by atoms with van der Waals surface area (Å²) in [4.78, 5) is 14.6. The maximum absolute atomic E-state index is 12.1. The molecule has 1 aromatic heterocycles. The lowest BCUT2D eigenvalue weighted by atomic mass is 10.0. The molecule has 0 bridgehead atoms. The summed E-state index contributed by atoms with van der Waals surface area (Å²) in [5.41, 5.74) is 3.00. The lowest BCUT2D eigenvalue weighted by Crippen LogP contribution is -2.30. The second kappa shape index (κ2) is 7.79. The maximum atomic E-state index is 12.1.